The molecule has 72 valence electrons. The third-order valence-corrected chi connectivity index (χ3v) is 2.21. The lowest BCUT2D eigenvalue weighted by Crippen LogP contribution is -1.89. The van der Waals surface area contributed by atoms with E-state index in [9.17, 15) is 10.2 Å². The van der Waals surface area contributed by atoms with Crippen LogP contribution in [0.15, 0.2) is 24.3 Å². The number of benzene rings is 2. The molecule has 0 bridgehead atoms. The van der Waals surface area contributed by atoms with Gasteiger partial charge in [-0.25, -0.2) is 0 Å². The number of fused-ring (bicyclic) bond motifs is 1. The number of phenols is 2. The van der Waals surface area contributed by atoms with Crippen molar-refractivity contribution in [1.29, 1.82) is 0 Å². The van der Waals surface area contributed by atoms with Crippen LogP contribution < -0.4 is 11.5 Å². The van der Waals surface area contributed by atoms with Crippen LogP contribution in [0.2, 0.25) is 0 Å². The molecule has 0 saturated carbocycles. The summed E-state index contributed by atoms with van der Waals surface area (Å²) < 4.78 is 0. The molecule has 2 rings (SSSR count). The summed E-state index contributed by atoms with van der Waals surface area (Å²) >= 11 is 0. The third kappa shape index (κ3) is 1.01. The Morgan fingerprint density at radius 2 is 1.07 bits per heavy atom. The molecule has 4 nitrogen and oxygen atoms in total. The van der Waals surface area contributed by atoms with E-state index in [-0.39, 0.29) is 22.9 Å². The van der Waals surface area contributed by atoms with Crippen LogP contribution in [-0.2, 0) is 0 Å². The smallest absolute Gasteiger partial charge is 0.146 e. The topological polar surface area (TPSA) is 92.5 Å². The van der Waals surface area contributed by atoms with Crippen molar-refractivity contribution in [3.05, 3.63) is 24.3 Å². The second-order valence-corrected chi connectivity index (χ2v) is 3.10. The van der Waals surface area contributed by atoms with Gasteiger partial charge in [-0.1, -0.05) is 0 Å². The molecule has 0 aliphatic carbocycles. The second-order valence-electron chi connectivity index (χ2n) is 3.10. The zero-order valence-corrected chi connectivity index (χ0v) is 7.36. The fourth-order valence-electron chi connectivity index (χ4n) is 1.41. The minimum Gasteiger partial charge on any atom is -0.505 e. The number of hydrogen-bond acceptors (Lipinski definition) is 4. The van der Waals surface area contributed by atoms with Crippen LogP contribution in [0.4, 0.5) is 11.4 Å². The van der Waals surface area contributed by atoms with Gasteiger partial charge in [-0.3, -0.25) is 0 Å². The lowest BCUT2D eigenvalue weighted by molar-refractivity contribution is 0.478. The number of rotatable bonds is 0. The van der Waals surface area contributed by atoms with E-state index in [4.69, 9.17) is 11.5 Å². The number of anilines is 2. The van der Waals surface area contributed by atoms with Crippen LogP contribution in [0.1, 0.15) is 0 Å². The van der Waals surface area contributed by atoms with Crippen LogP contribution in [0.3, 0.4) is 0 Å². The van der Waals surface area contributed by atoms with Crippen LogP contribution in [-0.4, -0.2) is 10.2 Å². The van der Waals surface area contributed by atoms with Gasteiger partial charge in [0.1, 0.15) is 11.5 Å². The fourth-order valence-corrected chi connectivity index (χ4v) is 1.41. The Kier molecular flexibility index (Phi) is 1.64. The van der Waals surface area contributed by atoms with Crippen molar-refractivity contribution in [2.45, 2.75) is 0 Å². The first-order chi connectivity index (χ1) is 6.61. The zero-order chi connectivity index (χ0) is 10.3. The first-order valence-electron chi connectivity index (χ1n) is 4.10. The van der Waals surface area contributed by atoms with Gasteiger partial charge in [0, 0.05) is 10.8 Å². The summed E-state index contributed by atoms with van der Waals surface area (Å²) in [6.45, 7) is 0. The molecule has 4 heteroatoms. The summed E-state index contributed by atoms with van der Waals surface area (Å²) in [6, 6.07) is 6.29. The zero-order valence-electron chi connectivity index (χ0n) is 7.36. The fraction of sp³-hybridized carbons (Fsp3) is 0. The summed E-state index contributed by atoms with van der Waals surface area (Å²) in [5.41, 5.74) is 11.6. The van der Waals surface area contributed by atoms with Crippen molar-refractivity contribution in [3.63, 3.8) is 0 Å². The van der Waals surface area contributed by atoms with Crippen molar-refractivity contribution in [2.75, 3.05) is 11.5 Å². The molecule has 0 unspecified atom stereocenters. The van der Waals surface area contributed by atoms with Gasteiger partial charge in [-0.05, 0) is 24.3 Å². The third-order valence-electron chi connectivity index (χ3n) is 2.21. The highest BCUT2D eigenvalue weighted by atomic mass is 16.3. The van der Waals surface area contributed by atoms with Gasteiger partial charge in [0.2, 0.25) is 0 Å². The van der Waals surface area contributed by atoms with Gasteiger partial charge in [-0.2, -0.15) is 0 Å². The molecule has 0 saturated heterocycles. The number of nitrogen functional groups attached to an aromatic ring is 2. The van der Waals surface area contributed by atoms with Crippen LogP contribution >= 0.6 is 0 Å². The minimum absolute atomic E-state index is 0.0298. The molecule has 14 heavy (non-hydrogen) atoms. The maximum atomic E-state index is 9.60. The molecule has 0 aliphatic rings. The molecule has 0 radical (unpaired) electrons. The van der Waals surface area contributed by atoms with E-state index in [1.165, 1.54) is 12.1 Å². The standard InChI is InChI=1S/C10H10N2O2/c11-7-3-1-5-6(10(7)14)2-4-8(12)9(5)13/h1-4,13-14H,11-12H2. The first-order valence-corrected chi connectivity index (χ1v) is 4.10. The van der Waals surface area contributed by atoms with Gasteiger partial charge in [0.15, 0.2) is 0 Å². The molecule has 0 fully saturated rings. The summed E-state index contributed by atoms with van der Waals surface area (Å²) in [6.07, 6.45) is 0. The molecule has 0 heterocycles. The highest BCUT2D eigenvalue weighted by Crippen LogP contribution is 2.37. The molecule has 0 atom stereocenters. The van der Waals surface area contributed by atoms with Gasteiger partial charge in [-0.15, -0.1) is 0 Å². The summed E-state index contributed by atoms with van der Waals surface area (Å²) in [4.78, 5) is 0. The largest absolute Gasteiger partial charge is 0.505 e. The predicted molar refractivity (Wildman–Crippen MR) is 56.1 cm³/mol. The Balaban J connectivity index is 2.94. The Bertz CT molecular complexity index is 462. The average molecular weight is 190 g/mol. The van der Waals surface area contributed by atoms with Gasteiger partial charge >= 0.3 is 0 Å². The number of aromatic hydroxyl groups is 2. The molecule has 6 N–H and O–H groups in total. The van der Waals surface area contributed by atoms with E-state index in [2.05, 4.69) is 0 Å². The Morgan fingerprint density at radius 1 is 0.714 bits per heavy atom. The van der Waals surface area contributed by atoms with Crippen molar-refractivity contribution in [1.82, 2.24) is 0 Å². The molecular weight excluding hydrogens is 180 g/mol. The highest BCUT2D eigenvalue weighted by molar-refractivity contribution is 5.99. The van der Waals surface area contributed by atoms with Gasteiger partial charge in [0.25, 0.3) is 0 Å². The molecule has 0 amide bonds. The molecule has 2 aromatic carbocycles. The summed E-state index contributed by atoms with van der Waals surface area (Å²) in [5.74, 6) is -0.0596. The van der Waals surface area contributed by atoms with E-state index in [1.807, 2.05) is 0 Å². The lowest BCUT2D eigenvalue weighted by Gasteiger charge is -2.07. The molecular formula is C10H10N2O2. The monoisotopic (exact) mass is 190 g/mol. The first kappa shape index (κ1) is 8.50. The Hall–Kier alpha value is -2.10. The average Bonchev–Trinajstić information content (AvgIpc) is 2.17. The quantitative estimate of drug-likeness (QED) is 0.373. The maximum absolute atomic E-state index is 9.60. The minimum atomic E-state index is -0.0298. The van der Waals surface area contributed by atoms with E-state index < -0.39 is 0 Å². The number of hydrogen-bond donors (Lipinski definition) is 4. The normalized spacial score (nSPS) is 10.6. The van der Waals surface area contributed by atoms with Crippen molar-refractivity contribution in [3.8, 4) is 11.5 Å². The number of phenolic OH excluding ortho intramolecular Hbond substituents is 2. The number of nitrogens with two attached hydrogens (primary N) is 2. The lowest BCUT2D eigenvalue weighted by atomic mass is 10.1. The van der Waals surface area contributed by atoms with E-state index in [0.29, 0.717) is 10.8 Å². The summed E-state index contributed by atoms with van der Waals surface area (Å²) in [5, 5.41) is 20.2. The van der Waals surface area contributed by atoms with Crippen LogP contribution in [0.5, 0.6) is 11.5 Å². The van der Waals surface area contributed by atoms with Gasteiger partial charge in [0.05, 0.1) is 11.4 Å². The molecule has 0 aliphatic heterocycles. The van der Waals surface area contributed by atoms with E-state index >= 15 is 0 Å². The molecule has 0 aromatic heterocycles. The van der Waals surface area contributed by atoms with Crippen molar-refractivity contribution in [2.24, 2.45) is 0 Å². The second kappa shape index (κ2) is 2.70. The summed E-state index contributed by atoms with van der Waals surface area (Å²) in [7, 11) is 0. The van der Waals surface area contributed by atoms with E-state index in [0.717, 1.165) is 0 Å². The van der Waals surface area contributed by atoms with Crippen LogP contribution in [0.25, 0.3) is 10.8 Å². The maximum Gasteiger partial charge on any atom is 0.146 e. The van der Waals surface area contributed by atoms with Gasteiger partial charge < -0.3 is 21.7 Å². The SMILES string of the molecule is Nc1ccc2c(O)c(N)ccc2c1O. The molecule has 0 spiro atoms. The predicted octanol–water partition coefficient (Wildman–Crippen LogP) is 1.42. The van der Waals surface area contributed by atoms with E-state index in [1.54, 1.807) is 12.1 Å². The molecule has 2 aromatic rings. The van der Waals surface area contributed by atoms with Crippen molar-refractivity contribution < 1.29 is 10.2 Å². The van der Waals surface area contributed by atoms with Crippen LogP contribution in [0, 0.1) is 0 Å². The Morgan fingerprint density at radius 3 is 1.43 bits per heavy atom. The van der Waals surface area contributed by atoms with Crippen molar-refractivity contribution >= 4 is 22.1 Å². The highest BCUT2D eigenvalue weighted by Gasteiger charge is 2.08. The Labute approximate surface area is 80.4 Å².